The molecule has 1 aromatic rings. The van der Waals surface area contributed by atoms with Gasteiger partial charge in [-0.05, 0) is 44.2 Å². The first kappa shape index (κ1) is 16.2. The summed E-state index contributed by atoms with van der Waals surface area (Å²) >= 11 is 0. The summed E-state index contributed by atoms with van der Waals surface area (Å²) in [7, 11) is 0. The SMILES string of the molecule is CCCNC(CCC(C)(C)C)c1cc(C)ccc1F. The van der Waals surface area contributed by atoms with E-state index in [4.69, 9.17) is 0 Å². The van der Waals surface area contributed by atoms with Gasteiger partial charge in [-0.1, -0.05) is 45.4 Å². The van der Waals surface area contributed by atoms with Gasteiger partial charge in [0.05, 0.1) is 0 Å². The zero-order valence-corrected chi connectivity index (χ0v) is 13.0. The molecule has 0 saturated carbocycles. The molecule has 0 fully saturated rings. The monoisotopic (exact) mass is 265 g/mol. The molecule has 0 amide bonds. The third kappa shape index (κ3) is 5.73. The van der Waals surface area contributed by atoms with Crippen molar-refractivity contribution in [2.75, 3.05) is 6.54 Å². The van der Waals surface area contributed by atoms with E-state index in [1.54, 1.807) is 6.07 Å². The van der Waals surface area contributed by atoms with Crippen LogP contribution in [0.1, 0.15) is 64.1 Å². The van der Waals surface area contributed by atoms with Gasteiger partial charge in [-0.25, -0.2) is 4.39 Å². The molecule has 1 rings (SSSR count). The minimum Gasteiger partial charge on any atom is -0.310 e. The minimum absolute atomic E-state index is 0.0897. The van der Waals surface area contributed by atoms with Crippen LogP contribution < -0.4 is 5.32 Å². The van der Waals surface area contributed by atoms with Crippen LogP contribution in [0.25, 0.3) is 0 Å². The van der Waals surface area contributed by atoms with E-state index in [-0.39, 0.29) is 17.3 Å². The van der Waals surface area contributed by atoms with Crippen molar-refractivity contribution in [1.29, 1.82) is 0 Å². The van der Waals surface area contributed by atoms with E-state index in [1.165, 1.54) is 0 Å². The Hall–Kier alpha value is -0.890. The number of nitrogens with one attached hydrogen (secondary N) is 1. The Morgan fingerprint density at radius 2 is 1.95 bits per heavy atom. The molecule has 1 aromatic carbocycles. The smallest absolute Gasteiger partial charge is 0.127 e. The maximum Gasteiger partial charge on any atom is 0.127 e. The van der Waals surface area contributed by atoms with Gasteiger partial charge in [-0.2, -0.15) is 0 Å². The maximum atomic E-state index is 14.0. The second kappa shape index (κ2) is 7.04. The van der Waals surface area contributed by atoms with Crippen LogP contribution in [0.2, 0.25) is 0 Å². The number of rotatable bonds is 6. The van der Waals surface area contributed by atoms with Crippen LogP contribution in [-0.2, 0) is 0 Å². The van der Waals surface area contributed by atoms with Crippen molar-refractivity contribution in [3.8, 4) is 0 Å². The summed E-state index contributed by atoms with van der Waals surface area (Å²) in [5, 5.41) is 3.49. The zero-order valence-electron chi connectivity index (χ0n) is 13.0. The molecule has 108 valence electrons. The Kier molecular flexibility index (Phi) is 5.99. The lowest BCUT2D eigenvalue weighted by Crippen LogP contribution is -2.24. The lowest BCUT2D eigenvalue weighted by atomic mass is 9.87. The molecular formula is C17H28FN. The van der Waals surface area contributed by atoms with Crippen molar-refractivity contribution in [3.63, 3.8) is 0 Å². The van der Waals surface area contributed by atoms with E-state index in [1.807, 2.05) is 19.1 Å². The molecule has 0 saturated heterocycles. The van der Waals surface area contributed by atoms with Crippen molar-refractivity contribution in [2.45, 2.75) is 59.9 Å². The van der Waals surface area contributed by atoms with Gasteiger partial charge in [0.1, 0.15) is 5.82 Å². The van der Waals surface area contributed by atoms with Crippen LogP contribution in [0, 0.1) is 18.2 Å². The van der Waals surface area contributed by atoms with Crippen molar-refractivity contribution in [3.05, 3.63) is 35.1 Å². The fraction of sp³-hybridized carbons (Fsp3) is 0.647. The molecule has 0 spiro atoms. The van der Waals surface area contributed by atoms with E-state index >= 15 is 0 Å². The molecule has 2 heteroatoms. The second-order valence-corrected chi connectivity index (χ2v) is 6.63. The molecule has 0 bridgehead atoms. The molecule has 0 aromatic heterocycles. The van der Waals surface area contributed by atoms with Crippen molar-refractivity contribution < 1.29 is 4.39 Å². The molecule has 1 N–H and O–H groups in total. The van der Waals surface area contributed by atoms with Crippen molar-refractivity contribution >= 4 is 0 Å². The zero-order chi connectivity index (χ0) is 14.5. The van der Waals surface area contributed by atoms with Crippen LogP contribution >= 0.6 is 0 Å². The summed E-state index contributed by atoms with van der Waals surface area (Å²) in [6, 6.07) is 5.52. The average Bonchev–Trinajstić information content (AvgIpc) is 2.32. The van der Waals surface area contributed by atoms with Crippen molar-refractivity contribution in [1.82, 2.24) is 5.32 Å². The number of halogens is 1. The molecule has 19 heavy (non-hydrogen) atoms. The number of hydrogen-bond donors (Lipinski definition) is 1. The minimum atomic E-state index is -0.0897. The van der Waals surface area contributed by atoms with Crippen LogP contribution in [0.3, 0.4) is 0 Å². The van der Waals surface area contributed by atoms with E-state index < -0.39 is 0 Å². The fourth-order valence-corrected chi connectivity index (χ4v) is 2.19. The first-order valence-corrected chi connectivity index (χ1v) is 7.33. The molecule has 0 heterocycles. The van der Waals surface area contributed by atoms with Crippen LogP contribution in [0.15, 0.2) is 18.2 Å². The highest BCUT2D eigenvalue weighted by atomic mass is 19.1. The summed E-state index contributed by atoms with van der Waals surface area (Å²) in [5.74, 6) is -0.0897. The molecule has 1 nitrogen and oxygen atoms in total. The Morgan fingerprint density at radius 3 is 2.53 bits per heavy atom. The van der Waals surface area contributed by atoms with E-state index in [9.17, 15) is 4.39 Å². The van der Waals surface area contributed by atoms with Gasteiger partial charge < -0.3 is 5.32 Å². The number of benzene rings is 1. The fourth-order valence-electron chi connectivity index (χ4n) is 2.19. The maximum absolute atomic E-state index is 14.0. The van der Waals surface area contributed by atoms with Gasteiger partial charge in [-0.3, -0.25) is 0 Å². The first-order valence-electron chi connectivity index (χ1n) is 7.33. The predicted octanol–water partition coefficient (Wildman–Crippen LogP) is 5.00. The summed E-state index contributed by atoms with van der Waals surface area (Å²) in [6.45, 7) is 11.8. The van der Waals surface area contributed by atoms with Gasteiger partial charge >= 0.3 is 0 Å². The van der Waals surface area contributed by atoms with Gasteiger partial charge in [0.25, 0.3) is 0 Å². The third-order valence-corrected chi connectivity index (χ3v) is 3.35. The van der Waals surface area contributed by atoms with Gasteiger partial charge in [0.15, 0.2) is 0 Å². The largest absolute Gasteiger partial charge is 0.310 e. The van der Waals surface area contributed by atoms with E-state index in [0.29, 0.717) is 0 Å². The third-order valence-electron chi connectivity index (χ3n) is 3.35. The summed E-state index contributed by atoms with van der Waals surface area (Å²) in [4.78, 5) is 0. The Labute approximate surface area is 117 Å². The summed E-state index contributed by atoms with van der Waals surface area (Å²) in [5.41, 5.74) is 2.22. The van der Waals surface area contributed by atoms with E-state index in [2.05, 4.69) is 33.0 Å². The number of hydrogen-bond acceptors (Lipinski definition) is 1. The van der Waals surface area contributed by atoms with Crippen LogP contribution in [0.5, 0.6) is 0 Å². The highest BCUT2D eigenvalue weighted by Crippen LogP contribution is 2.29. The molecule has 0 aliphatic carbocycles. The summed E-state index contributed by atoms with van der Waals surface area (Å²) in [6.07, 6.45) is 3.13. The van der Waals surface area contributed by atoms with Gasteiger partial charge in [0.2, 0.25) is 0 Å². The lowest BCUT2D eigenvalue weighted by molar-refractivity contribution is 0.329. The van der Waals surface area contributed by atoms with Crippen LogP contribution in [-0.4, -0.2) is 6.54 Å². The van der Waals surface area contributed by atoms with Crippen LogP contribution in [0.4, 0.5) is 4.39 Å². The Morgan fingerprint density at radius 1 is 1.26 bits per heavy atom. The highest BCUT2D eigenvalue weighted by molar-refractivity contribution is 5.27. The topological polar surface area (TPSA) is 12.0 Å². The summed E-state index contributed by atoms with van der Waals surface area (Å²) < 4.78 is 14.0. The lowest BCUT2D eigenvalue weighted by Gasteiger charge is -2.25. The normalized spacial score (nSPS) is 13.6. The predicted molar refractivity (Wildman–Crippen MR) is 80.9 cm³/mol. The van der Waals surface area contributed by atoms with Gasteiger partial charge in [-0.15, -0.1) is 0 Å². The number of aryl methyl sites for hydroxylation is 1. The van der Waals surface area contributed by atoms with E-state index in [0.717, 1.165) is 36.9 Å². The van der Waals surface area contributed by atoms with Gasteiger partial charge in [0, 0.05) is 11.6 Å². The Balaban J connectivity index is 2.85. The molecule has 0 aliphatic heterocycles. The molecule has 1 atom stereocenters. The quantitative estimate of drug-likeness (QED) is 0.763. The second-order valence-electron chi connectivity index (χ2n) is 6.63. The molecule has 0 radical (unpaired) electrons. The molecule has 0 aliphatic rings. The molecule has 1 unspecified atom stereocenters. The average molecular weight is 265 g/mol. The molecular weight excluding hydrogens is 237 g/mol. The van der Waals surface area contributed by atoms with Crippen molar-refractivity contribution in [2.24, 2.45) is 5.41 Å². The highest BCUT2D eigenvalue weighted by Gasteiger charge is 2.19. The first-order chi connectivity index (χ1) is 8.83. The standard InChI is InChI=1S/C17H28FN/c1-6-11-19-16(9-10-17(3,4)5)14-12-13(2)7-8-15(14)18/h7-8,12,16,19H,6,9-11H2,1-5H3. The Bertz CT molecular complexity index is 393.